The number of hydrogen-bond donors (Lipinski definition) is 2. The summed E-state index contributed by atoms with van der Waals surface area (Å²) in [5.41, 5.74) is 0.772. The summed E-state index contributed by atoms with van der Waals surface area (Å²) in [6.45, 7) is 1.03. The second kappa shape index (κ2) is 5.97. The van der Waals surface area contributed by atoms with Crippen LogP contribution in [-0.2, 0) is 11.3 Å². The molecule has 1 atom stereocenters. The molecule has 1 aromatic rings. The van der Waals surface area contributed by atoms with E-state index >= 15 is 0 Å². The maximum absolute atomic E-state index is 13.0. The third-order valence-electron chi connectivity index (χ3n) is 3.13. The average molecular weight is 282 g/mol. The number of hydrogen-bond acceptors (Lipinski definition) is 2. The second-order valence-electron chi connectivity index (χ2n) is 4.48. The van der Waals surface area contributed by atoms with Gasteiger partial charge in [0.15, 0.2) is 5.11 Å². The van der Waals surface area contributed by atoms with Gasteiger partial charge in [-0.25, -0.2) is 9.18 Å². The van der Waals surface area contributed by atoms with Crippen molar-refractivity contribution in [3.05, 3.63) is 35.6 Å². The van der Waals surface area contributed by atoms with E-state index in [1.807, 2.05) is 0 Å². The van der Waals surface area contributed by atoms with Crippen molar-refractivity contribution in [1.82, 2.24) is 10.2 Å². The molecule has 0 amide bonds. The third kappa shape index (κ3) is 3.41. The van der Waals surface area contributed by atoms with Gasteiger partial charge in [0.25, 0.3) is 0 Å². The summed E-state index contributed by atoms with van der Waals surface area (Å²) in [4.78, 5) is 12.7. The lowest BCUT2D eigenvalue weighted by Gasteiger charge is -2.24. The molecule has 102 valence electrons. The predicted octanol–water partition coefficient (Wildman–Crippen LogP) is 1.75. The Labute approximate surface area is 116 Å². The zero-order valence-electron chi connectivity index (χ0n) is 10.3. The first-order valence-corrected chi connectivity index (χ1v) is 6.50. The standard InChI is InChI=1S/C13H15FN2O2S/c14-10-4-1-3-9(7-10)8-15-13(19)16-6-2-5-11(16)12(17)18/h1,3-4,7,11H,2,5-6,8H2,(H,15,19)(H,17,18)/t11-/m0/s1. The molecule has 19 heavy (non-hydrogen) atoms. The Morgan fingerprint density at radius 3 is 3.05 bits per heavy atom. The summed E-state index contributed by atoms with van der Waals surface area (Å²) in [5, 5.41) is 12.5. The van der Waals surface area contributed by atoms with Gasteiger partial charge >= 0.3 is 5.97 Å². The maximum Gasteiger partial charge on any atom is 0.326 e. The molecule has 0 radical (unpaired) electrons. The van der Waals surface area contributed by atoms with Gasteiger partial charge in [0, 0.05) is 13.1 Å². The molecule has 1 aromatic carbocycles. The molecule has 4 nitrogen and oxygen atoms in total. The zero-order chi connectivity index (χ0) is 13.8. The largest absolute Gasteiger partial charge is 0.480 e. The van der Waals surface area contributed by atoms with Gasteiger partial charge in [0.05, 0.1) is 0 Å². The molecule has 1 heterocycles. The molecule has 2 rings (SSSR count). The van der Waals surface area contributed by atoms with Crippen molar-refractivity contribution in [3.63, 3.8) is 0 Å². The first-order valence-electron chi connectivity index (χ1n) is 6.09. The summed E-state index contributed by atoms with van der Waals surface area (Å²) in [5.74, 6) is -1.15. The van der Waals surface area contributed by atoms with Crippen molar-refractivity contribution < 1.29 is 14.3 Å². The highest BCUT2D eigenvalue weighted by Crippen LogP contribution is 2.17. The topological polar surface area (TPSA) is 52.6 Å². The van der Waals surface area contributed by atoms with E-state index in [1.54, 1.807) is 17.0 Å². The minimum atomic E-state index is -0.854. The van der Waals surface area contributed by atoms with Crippen LogP contribution in [0.1, 0.15) is 18.4 Å². The van der Waals surface area contributed by atoms with Crippen LogP contribution in [0.5, 0.6) is 0 Å². The van der Waals surface area contributed by atoms with Gasteiger partial charge < -0.3 is 15.3 Å². The van der Waals surface area contributed by atoms with Crippen LogP contribution in [0.2, 0.25) is 0 Å². The van der Waals surface area contributed by atoms with Gasteiger partial charge in [0.2, 0.25) is 0 Å². The molecular formula is C13H15FN2O2S. The van der Waals surface area contributed by atoms with Gasteiger partial charge in [-0.15, -0.1) is 0 Å². The Morgan fingerprint density at radius 1 is 1.58 bits per heavy atom. The van der Waals surface area contributed by atoms with Gasteiger partial charge in [-0.3, -0.25) is 0 Å². The lowest BCUT2D eigenvalue weighted by Crippen LogP contribution is -2.45. The van der Waals surface area contributed by atoms with Crippen LogP contribution in [0.4, 0.5) is 4.39 Å². The quantitative estimate of drug-likeness (QED) is 0.827. The van der Waals surface area contributed by atoms with Gasteiger partial charge in [-0.2, -0.15) is 0 Å². The monoisotopic (exact) mass is 282 g/mol. The van der Waals surface area contributed by atoms with E-state index in [2.05, 4.69) is 5.32 Å². The number of thiocarbonyl (C=S) groups is 1. The van der Waals surface area contributed by atoms with Crippen molar-refractivity contribution >= 4 is 23.3 Å². The Morgan fingerprint density at radius 2 is 2.37 bits per heavy atom. The summed E-state index contributed by atoms with van der Waals surface area (Å²) < 4.78 is 13.0. The van der Waals surface area contributed by atoms with Crippen molar-refractivity contribution in [2.24, 2.45) is 0 Å². The molecule has 1 saturated heterocycles. The Kier molecular flexibility index (Phi) is 4.31. The first-order chi connectivity index (χ1) is 9.08. The molecule has 6 heteroatoms. The molecule has 1 aliphatic heterocycles. The van der Waals surface area contributed by atoms with E-state index in [9.17, 15) is 9.18 Å². The van der Waals surface area contributed by atoms with E-state index in [0.717, 1.165) is 12.0 Å². The number of rotatable bonds is 3. The lowest BCUT2D eigenvalue weighted by molar-refractivity contribution is -0.140. The molecule has 0 bridgehead atoms. The van der Waals surface area contributed by atoms with E-state index in [1.165, 1.54) is 12.1 Å². The molecule has 1 aliphatic rings. The highest BCUT2D eigenvalue weighted by molar-refractivity contribution is 7.80. The van der Waals surface area contributed by atoms with Crippen molar-refractivity contribution in [2.75, 3.05) is 6.54 Å². The second-order valence-corrected chi connectivity index (χ2v) is 4.86. The minimum absolute atomic E-state index is 0.296. The van der Waals surface area contributed by atoms with Crippen LogP contribution in [-0.4, -0.2) is 33.7 Å². The van der Waals surface area contributed by atoms with Crippen LogP contribution < -0.4 is 5.32 Å². The Bertz CT molecular complexity index is 495. The van der Waals surface area contributed by atoms with E-state index in [0.29, 0.717) is 24.6 Å². The number of benzene rings is 1. The van der Waals surface area contributed by atoms with Crippen LogP contribution in [0.3, 0.4) is 0 Å². The molecule has 1 fully saturated rings. The fourth-order valence-electron chi connectivity index (χ4n) is 2.19. The molecular weight excluding hydrogens is 267 g/mol. The van der Waals surface area contributed by atoms with Crippen LogP contribution >= 0.6 is 12.2 Å². The zero-order valence-corrected chi connectivity index (χ0v) is 11.1. The third-order valence-corrected chi connectivity index (χ3v) is 3.51. The smallest absolute Gasteiger partial charge is 0.326 e. The highest BCUT2D eigenvalue weighted by Gasteiger charge is 2.31. The van der Waals surface area contributed by atoms with Crippen molar-refractivity contribution in [3.8, 4) is 0 Å². The maximum atomic E-state index is 13.0. The molecule has 0 unspecified atom stereocenters. The van der Waals surface area contributed by atoms with Gasteiger partial charge in [-0.1, -0.05) is 12.1 Å². The van der Waals surface area contributed by atoms with Gasteiger partial charge in [-0.05, 0) is 42.8 Å². The number of likely N-dealkylation sites (tertiary alicyclic amines) is 1. The molecule has 0 aliphatic carbocycles. The minimum Gasteiger partial charge on any atom is -0.480 e. The molecule has 0 saturated carbocycles. The SMILES string of the molecule is O=C(O)[C@@H]1CCCN1C(=S)NCc1cccc(F)c1. The molecule has 2 N–H and O–H groups in total. The van der Waals surface area contributed by atoms with E-state index in [4.69, 9.17) is 17.3 Å². The van der Waals surface area contributed by atoms with Crippen LogP contribution in [0.25, 0.3) is 0 Å². The highest BCUT2D eigenvalue weighted by atomic mass is 32.1. The van der Waals surface area contributed by atoms with Crippen molar-refractivity contribution in [1.29, 1.82) is 0 Å². The summed E-state index contributed by atoms with van der Waals surface area (Å²) in [6.07, 6.45) is 1.43. The van der Waals surface area contributed by atoms with Gasteiger partial charge in [0.1, 0.15) is 11.9 Å². The number of halogens is 1. The lowest BCUT2D eigenvalue weighted by atomic mass is 10.2. The number of nitrogens with one attached hydrogen (secondary N) is 1. The number of aliphatic carboxylic acids is 1. The fourth-order valence-corrected chi connectivity index (χ4v) is 2.48. The number of nitrogens with zero attached hydrogens (tertiary/aromatic N) is 1. The fraction of sp³-hybridized carbons (Fsp3) is 0.385. The summed E-state index contributed by atoms with van der Waals surface area (Å²) in [6, 6.07) is 5.67. The van der Waals surface area contributed by atoms with Crippen LogP contribution in [0.15, 0.2) is 24.3 Å². The molecule has 0 aromatic heterocycles. The van der Waals surface area contributed by atoms with E-state index in [-0.39, 0.29) is 5.82 Å². The number of carboxylic acids is 1. The van der Waals surface area contributed by atoms with Crippen molar-refractivity contribution in [2.45, 2.75) is 25.4 Å². The summed E-state index contributed by atoms with van der Waals surface area (Å²) in [7, 11) is 0. The van der Waals surface area contributed by atoms with E-state index < -0.39 is 12.0 Å². The number of carbonyl (C=O) groups is 1. The normalized spacial score (nSPS) is 18.4. The first kappa shape index (κ1) is 13.7. The average Bonchev–Trinajstić information content (AvgIpc) is 2.85. The van der Waals surface area contributed by atoms with Crippen LogP contribution in [0, 0.1) is 5.82 Å². The Balaban J connectivity index is 1.92. The molecule has 0 spiro atoms. The summed E-state index contributed by atoms with van der Waals surface area (Å²) >= 11 is 5.20. The number of carboxylic acid groups (broad SMARTS) is 1. The Hall–Kier alpha value is -1.69. The predicted molar refractivity (Wildman–Crippen MR) is 73.2 cm³/mol.